The zero-order valence-electron chi connectivity index (χ0n) is 31.9. The van der Waals surface area contributed by atoms with Crippen molar-refractivity contribution in [3.63, 3.8) is 0 Å². The van der Waals surface area contributed by atoms with E-state index in [0.717, 1.165) is 66.3 Å². The highest BCUT2D eigenvalue weighted by molar-refractivity contribution is 6.33. The minimum Gasteiger partial charge on any atom is -0.421 e. The predicted octanol–water partition coefficient (Wildman–Crippen LogP) is 13.7. The molecule has 0 aliphatic heterocycles. The van der Waals surface area contributed by atoms with Crippen LogP contribution < -0.4 is 0 Å². The van der Waals surface area contributed by atoms with Crippen molar-refractivity contribution in [1.29, 1.82) is 10.8 Å². The van der Waals surface area contributed by atoms with Gasteiger partial charge in [-0.25, -0.2) is 0 Å². The summed E-state index contributed by atoms with van der Waals surface area (Å²) in [6.07, 6.45) is 0. The first kappa shape index (κ1) is 34.2. The molecular formula is C54H36N4O. The number of hydrogen-bond donors (Lipinski definition) is 2. The second-order valence-corrected chi connectivity index (χ2v) is 14.8. The number of rotatable bonds is 6. The third-order valence-electron chi connectivity index (χ3n) is 11.5. The van der Waals surface area contributed by atoms with Gasteiger partial charge in [-0.3, -0.25) is 10.8 Å². The Morgan fingerprint density at radius 3 is 1.37 bits per heavy atom. The van der Waals surface area contributed by atoms with E-state index in [1.807, 2.05) is 54.6 Å². The van der Waals surface area contributed by atoms with Crippen LogP contribution in [0.3, 0.4) is 0 Å². The van der Waals surface area contributed by atoms with Gasteiger partial charge in [-0.1, -0.05) is 152 Å². The number of ether oxygens (including phenoxy) is 1. The zero-order chi connectivity index (χ0) is 39.5. The molecule has 0 saturated heterocycles. The van der Waals surface area contributed by atoms with E-state index in [2.05, 4.69) is 161 Å². The maximum Gasteiger partial charge on any atom is 0.221 e. The summed E-state index contributed by atoms with van der Waals surface area (Å²) in [6.45, 7) is 0. The number of hydrogen-bond acceptors (Lipinski definition) is 3. The monoisotopic (exact) mass is 756 g/mol. The first-order valence-electron chi connectivity index (χ1n) is 19.8. The number of aromatic nitrogens is 2. The molecule has 0 aliphatic carbocycles. The lowest BCUT2D eigenvalue weighted by molar-refractivity contribution is 0.539. The van der Waals surface area contributed by atoms with Gasteiger partial charge in [0.2, 0.25) is 11.8 Å². The fraction of sp³-hybridized carbons (Fsp3) is 0. The van der Waals surface area contributed by atoms with Crippen LogP contribution in [0.5, 0.6) is 0 Å². The van der Waals surface area contributed by atoms with E-state index in [4.69, 9.17) is 15.6 Å². The van der Waals surface area contributed by atoms with Gasteiger partial charge in [-0.05, 0) is 76.5 Å². The van der Waals surface area contributed by atoms with Crippen LogP contribution in [-0.4, -0.2) is 20.9 Å². The number of nitrogens with zero attached hydrogens (tertiary/aromatic N) is 2. The average Bonchev–Trinajstić information content (AvgIpc) is 3.82. The summed E-state index contributed by atoms with van der Waals surface area (Å²) in [4.78, 5) is 0. The Bertz CT molecular complexity index is 3410. The number of benzene rings is 9. The van der Waals surface area contributed by atoms with Crippen LogP contribution in [0.4, 0.5) is 0 Å². The Labute approximate surface area is 340 Å². The Morgan fingerprint density at radius 1 is 0.373 bits per heavy atom. The molecule has 0 aliphatic rings. The van der Waals surface area contributed by atoms with Crippen LogP contribution in [0.25, 0.3) is 88.0 Å². The molecular weight excluding hydrogens is 721 g/mol. The average molecular weight is 757 g/mol. The van der Waals surface area contributed by atoms with Gasteiger partial charge in [0.25, 0.3) is 0 Å². The molecule has 278 valence electrons. The summed E-state index contributed by atoms with van der Waals surface area (Å²) in [6, 6.07) is 71.4. The molecule has 5 nitrogen and oxygen atoms in total. The topological polar surface area (TPSA) is 66.8 Å². The first-order chi connectivity index (χ1) is 29.2. The molecule has 0 atom stereocenters. The van der Waals surface area contributed by atoms with E-state index >= 15 is 0 Å². The Hall–Kier alpha value is -8.02. The second-order valence-electron chi connectivity index (χ2n) is 14.8. The summed E-state index contributed by atoms with van der Waals surface area (Å²) in [5.74, 6) is -0.138. The van der Waals surface area contributed by atoms with E-state index in [-0.39, 0.29) is 11.8 Å². The lowest BCUT2D eigenvalue weighted by Crippen LogP contribution is -2.13. The van der Waals surface area contributed by atoms with E-state index < -0.39 is 0 Å². The summed E-state index contributed by atoms with van der Waals surface area (Å²) in [5, 5.41) is 24.4. The highest BCUT2D eigenvalue weighted by atomic mass is 16.5. The highest BCUT2D eigenvalue weighted by Crippen LogP contribution is 2.51. The zero-order valence-corrected chi connectivity index (χ0v) is 31.9. The van der Waals surface area contributed by atoms with Gasteiger partial charge in [0.05, 0.1) is 22.1 Å². The van der Waals surface area contributed by atoms with Crippen molar-refractivity contribution in [3.05, 3.63) is 217 Å². The smallest absolute Gasteiger partial charge is 0.221 e. The lowest BCUT2D eigenvalue weighted by Gasteiger charge is -2.18. The van der Waals surface area contributed by atoms with Gasteiger partial charge in [0, 0.05) is 55.2 Å². The van der Waals surface area contributed by atoms with Crippen molar-refractivity contribution >= 4 is 66.2 Å². The number of nitrogens with one attached hydrogen (secondary N) is 2. The van der Waals surface area contributed by atoms with Crippen molar-refractivity contribution < 1.29 is 4.74 Å². The van der Waals surface area contributed by atoms with Gasteiger partial charge in [0.15, 0.2) is 0 Å². The maximum absolute atomic E-state index is 8.96. The SMILES string of the molecule is N=C(OC(=N)c1cccc2ccccc12)c1ccc(-n2c3ccccc3c3c(-c4ccccc4)c4c(c(-c5ccccc5)c32)c2ccccc2n4-c2ccccc2)cc1. The molecule has 59 heavy (non-hydrogen) atoms. The molecule has 0 amide bonds. The van der Waals surface area contributed by atoms with Crippen molar-refractivity contribution in [3.8, 4) is 33.6 Å². The molecule has 11 aromatic rings. The van der Waals surface area contributed by atoms with Crippen LogP contribution in [0.1, 0.15) is 11.1 Å². The van der Waals surface area contributed by atoms with Crippen molar-refractivity contribution in [2.24, 2.45) is 0 Å². The van der Waals surface area contributed by atoms with E-state index in [0.29, 0.717) is 11.1 Å². The van der Waals surface area contributed by atoms with Crippen molar-refractivity contribution in [1.82, 2.24) is 9.13 Å². The third-order valence-corrected chi connectivity index (χ3v) is 11.5. The van der Waals surface area contributed by atoms with Crippen LogP contribution in [0.15, 0.2) is 206 Å². The highest BCUT2D eigenvalue weighted by Gasteiger charge is 2.28. The van der Waals surface area contributed by atoms with Gasteiger partial charge < -0.3 is 13.9 Å². The molecule has 0 saturated carbocycles. The summed E-state index contributed by atoms with van der Waals surface area (Å²) in [7, 11) is 0. The van der Waals surface area contributed by atoms with Crippen LogP contribution in [-0.2, 0) is 4.74 Å². The minimum absolute atomic E-state index is 0.0575. The third kappa shape index (κ3) is 5.47. The predicted molar refractivity (Wildman–Crippen MR) is 245 cm³/mol. The van der Waals surface area contributed by atoms with E-state index in [1.165, 1.54) is 21.7 Å². The molecule has 2 N–H and O–H groups in total. The van der Waals surface area contributed by atoms with E-state index in [9.17, 15) is 0 Å². The summed E-state index contributed by atoms with van der Waals surface area (Å²) < 4.78 is 10.8. The fourth-order valence-electron chi connectivity index (χ4n) is 8.98. The quantitative estimate of drug-likeness (QED) is 0.129. The molecule has 2 heterocycles. The van der Waals surface area contributed by atoms with Crippen molar-refractivity contribution in [2.75, 3.05) is 0 Å². The fourth-order valence-corrected chi connectivity index (χ4v) is 8.98. The van der Waals surface area contributed by atoms with Gasteiger partial charge in [0.1, 0.15) is 0 Å². The minimum atomic E-state index is -0.0801. The molecule has 0 unspecified atom stereocenters. The normalized spacial score (nSPS) is 11.5. The standard InChI is InChI=1S/C54H36N4O/c55-53(59-54(56)42-28-16-22-35-17-10-11-25-41(35)42)38-31-33-40(34-32-38)58-46-30-15-13-27-44(46)50-47(36-18-4-1-5-19-36)51-49(48(52(50)58)37-20-6-2-7-21-37)43-26-12-14-29-45(43)57(51)39-23-8-3-9-24-39/h1-34,55-56H. The van der Waals surface area contributed by atoms with Crippen LogP contribution >= 0.6 is 0 Å². The maximum atomic E-state index is 8.96. The number of fused-ring (bicyclic) bond motifs is 7. The summed E-state index contributed by atoms with van der Waals surface area (Å²) in [5.41, 5.74) is 12.4. The summed E-state index contributed by atoms with van der Waals surface area (Å²) >= 11 is 0. The largest absolute Gasteiger partial charge is 0.421 e. The first-order valence-corrected chi connectivity index (χ1v) is 19.8. The lowest BCUT2D eigenvalue weighted by atomic mass is 9.90. The Morgan fingerprint density at radius 2 is 0.814 bits per heavy atom. The Balaban J connectivity index is 1.19. The molecule has 0 bridgehead atoms. The second kappa shape index (κ2) is 13.9. The van der Waals surface area contributed by atoms with Crippen LogP contribution in [0.2, 0.25) is 0 Å². The van der Waals surface area contributed by atoms with Gasteiger partial charge >= 0.3 is 0 Å². The van der Waals surface area contributed by atoms with E-state index in [1.54, 1.807) is 0 Å². The molecule has 0 fully saturated rings. The molecule has 2 aromatic heterocycles. The van der Waals surface area contributed by atoms with Crippen LogP contribution in [0, 0.1) is 10.8 Å². The molecule has 11 rings (SSSR count). The molecule has 0 radical (unpaired) electrons. The number of para-hydroxylation sites is 3. The Kier molecular flexibility index (Phi) is 8.05. The molecule has 5 heteroatoms. The molecule has 9 aromatic carbocycles. The van der Waals surface area contributed by atoms with Gasteiger partial charge in [-0.2, -0.15) is 0 Å². The van der Waals surface area contributed by atoms with Gasteiger partial charge in [-0.15, -0.1) is 0 Å². The molecule has 0 spiro atoms. The van der Waals surface area contributed by atoms with Crippen molar-refractivity contribution in [2.45, 2.75) is 0 Å².